The smallest absolute Gasteiger partial charge is 0.327 e. The van der Waals surface area contributed by atoms with Crippen LogP contribution in [0, 0.1) is 10.1 Å². The predicted octanol–water partition coefficient (Wildman–Crippen LogP) is 4.67. The fourth-order valence-corrected chi connectivity index (χ4v) is 3.60. The number of rotatable bonds is 6. The summed E-state index contributed by atoms with van der Waals surface area (Å²) in [6.07, 6.45) is 0. The van der Waals surface area contributed by atoms with Crippen molar-refractivity contribution in [2.45, 2.75) is 0 Å². The van der Waals surface area contributed by atoms with Gasteiger partial charge in [0.1, 0.15) is 10.6 Å². The summed E-state index contributed by atoms with van der Waals surface area (Å²) < 4.78 is 0. The molecule has 0 aliphatic heterocycles. The lowest BCUT2D eigenvalue weighted by Gasteiger charge is -2.03. The van der Waals surface area contributed by atoms with Gasteiger partial charge in [-0.25, -0.2) is 0 Å². The molecule has 0 saturated heterocycles. The molecule has 1 heterocycles. The molecule has 3 rings (SSSR count). The Hall–Kier alpha value is -3.19. The van der Waals surface area contributed by atoms with Crippen LogP contribution < -0.4 is 10.6 Å². The topological polar surface area (TPSA) is 84.3 Å². The van der Waals surface area contributed by atoms with Crippen molar-refractivity contribution in [1.29, 1.82) is 0 Å². The molecular weight excluding hydrogens is 338 g/mol. The number of nitrogens with zero attached hydrogens (tertiary/aromatic N) is 1. The monoisotopic (exact) mass is 353 g/mol. The van der Waals surface area contributed by atoms with E-state index in [1.54, 1.807) is 43.4 Å². The normalized spacial score (nSPS) is 10.3. The van der Waals surface area contributed by atoms with Crippen molar-refractivity contribution in [2.24, 2.45) is 0 Å². The number of benzene rings is 2. The lowest BCUT2D eigenvalue weighted by atomic mass is 10.1. The van der Waals surface area contributed by atoms with Crippen LogP contribution in [0.2, 0.25) is 0 Å². The molecule has 0 bridgehead atoms. The van der Waals surface area contributed by atoms with Gasteiger partial charge in [-0.1, -0.05) is 48.5 Å². The van der Waals surface area contributed by atoms with E-state index >= 15 is 0 Å². The van der Waals surface area contributed by atoms with Gasteiger partial charge >= 0.3 is 5.69 Å². The van der Waals surface area contributed by atoms with Crippen molar-refractivity contribution in [3.05, 3.63) is 81.2 Å². The second-order valence-corrected chi connectivity index (χ2v) is 6.20. The maximum absolute atomic E-state index is 12.8. The molecule has 0 saturated carbocycles. The number of para-hydroxylation sites is 1. The van der Waals surface area contributed by atoms with E-state index in [0.29, 0.717) is 21.1 Å². The second-order valence-electron chi connectivity index (χ2n) is 5.18. The standard InChI is InChI=1S/C18H15N3O3S/c1-19-14-15(21(23)24)18(20-13-10-6-3-7-11-13)25-17(14)16(22)12-8-4-2-5-9-12/h2-11,19-20H,1H3. The van der Waals surface area contributed by atoms with Crippen LogP contribution in [0.5, 0.6) is 0 Å². The lowest BCUT2D eigenvalue weighted by molar-refractivity contribution is -0.382. The quantitative estimate of drug-likeness (QED) is 0.382. The minimum Gasteiger partial charge on any atom is -0.381 e. The lowest BCUT2D eigenvalue weighted by Crippen LogP contribution is -2.03. The number of anilines is 3. The van der Waals surface area contributed by atoms with Crippen LogP contribution in [0.15, 0.2) is 60.7 Å². The van der Waals surface area contributed by atoms with Gasteiger partial charge in [0.15, 0.2) is 5.00 Å². The van der Waals surface area contributed by atoms with Gasteiger partial charge in [0.05, 0.1) is 4.92 Å². The molecule has 0 amide bonds. The van der Waals surface area contributed by atoms with Crippen LogP contribution in [0.25, 0.3) is 0 Å². The summed E-state index contributed by atoms with van der Waals surface area (Å²) in [6.45, 7) is 0. The van der Waals surface area contributed by atoms with E-state index in [9.17, 15) is 14.9 Å². The highest BCUT2D eigenvalue weighted by Gasteiger charge is 2.30. The van der Waals surface area contributed by atoms with E-state index < -0.39 is 4.92 Å². The third-order valence-electron chi connectivity index (χ3n) is 3.59. The zero-order valence-electron chi connectivity index (χ0n) is 13.4. The van der Waals surface area contributed by atoms with Crippen LogP contribution in [0.4, 0.5) is 22.1 Å². The van der Waals surface area contributed by atoms with Crippen LogP contribution >= 0.6 is 11.3 Å². The molecule has 0 aliphatic rings. The number of hydrogen-bond donors (Lipinski definition) is 2. The molecule has 0 aliphatic carbocycles. The summed E-state index contributed by atoms with van der Waals surface area (Å²) in [6, 6.07) is 17.9. The number of nitro groups is 1. The molecule has 0 radical (unpaired) electrons. The Morgan fingerprint density at radius 1 is 1.04 bits per heavy atom. The Balaban J connectivity index is 2.09. The van der Waals surface area contributed by atoms with Gasteiger partial charge in [-0.05, 0) is 12.1 Å². The maximum atomic E-state index is 12.8. The predicted molar refractivity (Wildman–Crippen MR) is 100 cm³/mol. The molecule has 0 atom stereocenters. The van der Waals surface area contributed by atoms with Crippen LogP contribution in [0.3, 0.4) is 0 Å². The molecule has 7 heteroatoms. The van der Waals surface area contributed by atoms with Crippen LogP contribution in [-0.2, 0) is 0 Å². The highest BCUT2D eigenvalue weighted by atomic mass is 32.1. The van der Waals surface area contributed by atoms with Gasteiger partial charge in [0, 0.05) is 18.3 Å². The van der Waals surface area contributed by atoms with E-state index in [1.165, 1.54) is 0 Å². The summed E-state index contributed by atoms with van der Waals surface area (Å²) in [5.74, 6) is -0.251. The van der Waals surface area contributed by atoms with Gasteiger partial charge in [0.25, 0.3) is 0 Å². The zero-order chi connectivity index (χ0) is 17.8. The number of thiophene rings is 1. The average molecular weight is 353 g/mol. The molecule has 6 nitrogen and oxygen atoms in total. The molecular formula is C18H15N3O3S. The summed E-state index contributed by atoms with van der Waals surface area (Å²) in [4.78, 5) is 24.2. The Labute approximate surface area is 148 Å². The Morgan fingerprint density at radius 3 is 2.20 bits per heavy atom. The third kappa shape index (κ3) is 3.36. The average Bonchev–Trinajstić information content (AvgIpc) is 3.01. The molecule has 126 valence electrons. The summed E-state index contributed by atoms with van der Waals surface area (Å²) in [7, 11) is 1.57. The number of hydrogen-bond acceptors (Lipinski definition) is 6. The fourth-order valence-electron chi connectivity index (χ4n) is 2.45. The van der Waals surface area contributed by atoms with Crippen molar-refractivity contribution < 1.29 is 9.72 Å². The molecule has 0 unspecified atom stereocenters. The number of carbonyl (C=O) groups excluding carboxylic acids is 1. The van der Waals surface area contributed by atoms with Gasteiger partial charge < -0.3 is 10.6 Å². The van der Waals surface area contributed by atoms with E-state index in [4.69, 9.17) is 0 Å². The largest absolute Gasteiger partial charge is 0.381 e. The SMILES string of the molecule is CNc1c(C(=O)c2ccccc2)sc(Nc2ccccc2)c1[N+](=O)[O-]. The van der Waals surface area contributed by atoms with Crippen LogP contribution in [0.1, 0.15) is 15.2 Å². The first kappa shape index (κ1) is 16.7. The molecule has 3 aromatic rings. The Kier molecular flexibility index (Phi) is 4.76. The van der Waals surface area contributed by atoms with E-state index in [0.717, 1.165) is 11.3 Å². The van der Waals surface area contributed by atoms with E-state index in [1.807, 2.05) is 24.3 Å². The van der Waals surface area contributed by atoms with Gasteiger partial charge in [-0.2, -0.15) is 0 Å². The molecule has 25 heavy (non-hydrogen) atoms. The minimum atomic E-state index is -0.477. The zero-order valence-corrected chi connectivity index (χ0v) is 14.2. The summed E-state index contributed by atoms with van der Waals surface area (Å²) >= 11 is 1.07. The third-order valence-corrected chi connectivity index (χ3v) is 4.68. The van der Waals surface area contributed by atoms with E-state index in [-0.39, 0.29) is 17.2 Å². The first-order valence-corrected chi connectivity index (χ1v) is 8.34. The van der Waals surface area contributed by atoms with Crippen molar-refractivity contribution in [1.82, 2.24) is 0 Å². The van der Waals surface area contributed by atoms with Gasteiger partial charge in [0.2, 0.25) is 5.78 Å². The number of nitrogens with one attached hydrogen (secondary N) is 2. The summed E-state index contributed by atoms with van der Waals surface area (Å²) in [5.41, 5.74) is 1.30. The fraction of sp³-hybridized carbons (Fsp3) is 0.0556. The Morgan fingerprint density at radius 2 is 1.64 bits per heavy atom. The van der Waals surface area contributed by atoms with Crippen molar-refractivity contribution in [2.75, 3.05) is 17.7 Å². The minimum absolute atomic E-state index is 0.129. The van der Waals surface area contributed by atoms with Crippen LogP contribution in [-0.4, -0.2) is 17.8 Å². The first-order valence-electron chi connectivity index (χ1n) is 7.52. The summed E-state index contributed by atoms with van der Waals surface area (Å²) in [5, 5.41) is 17.8. The molecule has 2 N–H and O–H groups in total. The van der Waals surface area contributed by atoms with Crippen molar-refractivity contribution in [3.8, 4) is 0 Å². The second kappa shape index (κ2) is 7.14. The molecule has 0 fully saturated rings. The maximum Gasteiger partial charge on any atom is 0.327 e. The van der Waals surface area contributed by atoms with Crippen molar-refractivity contribution >= 4 is 39.2 Å². The highest BCUT2D eigenvalue weighted by Crippen LogP contribution is 2.45. The molecule has 0 spiro atoms. The van der Waals surface area contributed by atoms with Crippen molar-refractivity contribution in [3.63, 3.8) is 0 Å². The number of ketones is 1. The van der Waals surface area contributed by atoms with Gasteiger partial charge in [-0.15, -0.1) is 11.3 Å². The molecule has 2 aromatic carbocycles. The van der Waals surface area contributed by atoms with E-state index in [2.05, 4.69) is 10.6 Å². The molecule has 1 aromatic heterocycles. The Bertz CT molecular complexity index is 908. The first-order chi connectivity index (χ1) is 12.1. The van der Waals surface area contributed by atoms with Gasteiger partial charge in [-0.3, -0.25) is 14.9 Å². The highest BCUT2D eigenvalue weighted by molar-refractivity contribution is 7.19. The number of carbonyl (C=O) groups is 1.